The van der Waals surface area contributed by atoms with Crippen molar-refractivity contribution in [1.29, 1.82) is 0 Å². The molecule has 0 aromatic heterocycles. The first-order chi connectivity index (χ1) is 23.8. The molecule has 5 amide bonds. The van der Waals surface area contributed by atoms with Gasteiger partial charge < -0.3 is 42.0 Å². The highest BCUT2D eigenvalue weighted by atomic mass is 16.6. The molecular weight excluding hydrogens is 646 g/mol. The average molecular weight is 692 g/mol. The molecule has 2 aromatic rings. The number of fused-ring (bicyclic) bond motifs is 3. The van der Waals surface area contributed by atoms with Gasteiger partial charge in [0.25, 0.3) is 0 Å². The summed E-state index contributed by atoms with van der Waals surface area (Å²) in [6, 6.07) is 11.4. The smallest absolute Gasteiger partial charge is 0.407 e. The molecule has 15 heteroatoms. The molecule has 50 heavy (non-hydrogen) atoms. The molecule has 0 heterocycles. The highest BCUT2D eigenvalue weighted by molar-refractivity contribution is 6.25. The van der Waals surface area contributed by atoms with E-state index in [1.165, 1.54) is 0 Å². The maximum absolute atomic E-state index is 13.6. The molecule has 0 saturated heterocycles. The average Bonchev–Trinajstić information content (AvgIpc) is 3.38. The minimum Gasteiger partial charge on any atom is -0.461 e. The minimum absolute atomic E-state index is 0.00959. The van der Waals surface area contributed by atoms with Crippen molar-refractivity contribution in [2.24, 2.45) is 11.7 Å². The van der Waals surface area contributed by atoms with Crippen LogP contribution in [0, 0.1) is 5.92 Å². The van der Waals surface area contributed by atoms with Crippen molar-refractivity contribution in [1.82, 2.24) is 21.3 Å². The second kappa shape index (κ2) is 18.8. The van der Waals surface area contributed by atoms with Crippen LogP contribution in [0.3, 0.4) is 0 Å². The third-order valence-electron chi connectivity index (χ3n) is 8.00. The summed E-state index contributed by atoms with van der Waals surface area (Å²) in [5, 5.41) is 10.2. The molecule has 6 N–H and O–H groups in total. The number of ketones is 1. The number of carbonyl (C=O) groups excluding carboxylic acids is 6. The Balaban J connectivity index is 1.72. The summed E-state index contributed by atoms with van der Waals surface area (Å²) in [5.41, 5.74) is 18.0. The number of nitrogens with two attached hydrogens (primary N) is 1. The monoisotopic (exact) mass is 691 g/mol. The van der Waals surface area contributed by atoms with E-state index in [0.717, 1.165) is 22.3 Å². The summed E-state index contributed by atoms with van der Waals surface area (Å²) in [6.45, 7) is 6.78. The lowest BCUT2D eigenvalue weighted by atomic mass is 9.98. The Labute approximate surface area is 290 Å². The second-order valence-corrected chi connectivity index (χ2v) is 12.5. The van der Waals surface area contributed by atoms with Gasteiger partial charge >= 0.3 is 24.3 Å². The standard InChI is InChI=1S/C35H45N7O8/c1-20(2)30(42-35(48)49-19-27-25-12-7-5-10-23(25)24-11-6-8-13-26(24)27)32(45)40-28(14-9-17-38-34(36)47)31(44)41-29(33(46)50-21(3)4)16-15-22(43)18-39-37/h5-8,10-13,18,20-21,27-30H,9,14-17,19H2,1-4H3,(H,40,45)(H,41,44)(H,42,48)(H3,36,38,47)/t28-,29-,30-/m0/s1. The van der Waals surface area contributed by atoms with Gasteiger partial charge in [-0.2, -0.15) is 4.79 Å². The number of esters is 1. The Kier molecular flexibility index (Phi) is 14.7. The lowest BCUT2D eigenvalue weighted by Crippen LogP contribution is -2.57. The SMILES string of the molecule is CC(C)OC(=O)[C@H](CCC(=O)C=[N+]=[N-])NC(=O)[C@H](CCCNC(N)=O)NC(=O)[C@@H](NC(=O)OCC1c2ccccc2-c2ccccc21)C(C)C. The Morgan fingerprint density at radius 1 is 0.860 bits per heavy atom. The number of ether oxygens (including phenoxy) is 2. The highest BCUT2D eigenvalue weighted by Crippen LogP contribution is 2.44. The summed E-state index contributed by atoms with van der Waals surface area (Å²) in [4.78, 5) is 78.8. The van der Waals surface area contributed by atoms with Crippen LogP contribution in [0.2, 0.25) is 0 Å². The number of nitrogens with zero attached hydrogens (tertiary/aromatic N) is 2. The Morgan fingerprint density at radius 3 is 2.02 bits per heavy atom. The number of urea groups is 1. The van der Waals surface area contributed by atoms with Crippen LogP contribution in [0.5, 0.6) is 0 Å². The summed E-state index contributed by atoms with van der Waals surface area (Å²) >= 11 is 0. The van der Waals surface area contributed by atoms with Crippen molar-refractivity contribution in [3.63, 3.8) is 0 Å². The molecule has 1 aliphatic carbocycles. The summed E-state index contributed by atoms with van der Waals surface area (Å²) < 4.78 is 10.9. The number of carbonyl (C=O) groups is 6. The zero-order chi connectivity index (χ0) is 36.8. The van der Waals surface area contributed by atoms with Gasteiger partial charge in [-0.05, 0) is 61.3 Å². The van der Waals surface area contributed by atoms with Gasteiger partial charge in [0.1, 0.15) is 24.7 Å². The van der Waals surface area contributed by atoms with Crippen LogP contribution >= 0.6 is 0 Å². The fourth-order valence-electron chi connectivity index (χ4n) is 5.60. The first kappa shape index (κ1) is 38.9. The van der Waals surface area contributed by atoms with Gasteiger partial charge in [-0.15, -0.1) is 0 Å². The number of hydrogen-bond donors (Lipinski definition) is 5. The molecule has 0 unspecified atom stereocenters. The fourth-order valence-corrected chi connectivity index (χ4v) is 5.60. The van der Waals surface area contributed by atoms with Crippen molar-refractivity contribution in [3.8, 4) is 11.1 Å². The lowest BCUT2D eigenvalue weighted by molar-refractivity contribution is -0.152. The van der Waals surface area contributed by atoms with Gasteiger partial charge in [-0.1, -0.05) is 62.4 Å². The fraction of sp³-hybridized carbons (Fsp3) is 0.457. The van der Waals surface area contributed by atoms with Crippen molar-refractivity contribution in [2.75, 3.05) is 13.2 Å². The molecule has 0 saturated carbocycles. The Hall–Kier alpha value is -5.56. The zero-order valence-electron chi connectivity index (χ0n) is 28.6. The van der Waals surface area contributed by atoms with Gasteiger partial charge in [0.15, 0.2) is 0 Å². The number of amides is 5. The van der Waals surface area contributed by atoms with Crippen LogP contribution in [0.15, 0.2) is 48.5 Å². The maximum atomic E-state index is 13.6. The summed E-state index contributed by atoms with van der Waals surface area (Å²) in [5.74, 6) is -3.47. The molecule has 1 aliphatic rings. The largest absolute Gasteiger partial charge is 0.461 e. The van der Waals surface area contributed by atoms with Crippen LogP contribution in [0.25, 0.3) is 16.7 Å². The van der Waals surface area contributed by atoms with Crippen LogP contribution in [-0.2, 0) is 28.7 Å². The van der Waals surface area contributed by atoms with Crippen molar-refractivity contribution in [3.05, 3.63) is 65.2 Å². The Bertz CT molecular complexity index is 1560. The zero-order valence-corrected chi connectivity index (χ0v) is 28.6. The van der Waals surface area contributed by atoms with Gasteiger partial charge in [-0.3, -0.25) is 14.4 Å². The molecule has 3 rings (SSSR count). The van der Waals surface area contributed by atoms with E-state index in [1.807, 2.05) is 48.5 Å². The van der Waals surface area contributed by atoms with E-state index in [-0.39, 0.29) is 44.8 Å². The number of rotatable bonds is 18. The lowest BCUT2D eigenvalue weighted by Gasteiger charge is -2.27. The highest BCUT2D eigenvalue weighted by Gasteiger charge is 2.33. The topological polar surface area (TPSA) is 231 Å². The van der Waals surface area contributed by atoms with E-state index in [0.29, 0.717) is 6.21 Å². The van der Waals surface area contributed by atoms with Crippen LogP contribution < -0.4 is 27.0 Å². The number of Topliss-reactive ketones (excluding diaryl/α,β-unsaturated/α-hetero) is 1. The Morgan fingerprint density at radius 2 is 1.46 bits per heavy atom. The molecule has 268 valence electrons. The third kappa shape index (κ3) is 11.3. The van der Waals surface area contributed by atoms with E-state index in [4.69, 9.17) is 20.7 Å². The van der Waals surface area contributed by atoms with E-state index in [2.05, 4.69) is 26.1 Å². The third-order valence-corrected chi connectivity index (χ3v) is 8.00. The molecule has 0 aliphatic heterocycles. The first-order valence-corrected chi connectivity index (χ1v) is 16.5. The maximum Gasteiger partial charge on any atom is 0.407 e. The number of primary amides is 1. The molecule has 0 bridgehead atoms. The predicted octanol–water partition coefficient (Wildman–Crippen LogP) is 2.57. The van der Waals surface area contributed by atoms with E-state index in [1.54, 1.807) is 27.7 Å². The van der Waals surface area contributed by atoms with E-state index >= 15 is 0 Å². The molecule has 2 aromatic carbocycles. The van der Waals surface area contributed by atoms with E-state index in [9.17, 15) is 28.8 Å². The van der Waals surface area contributed by atoms with Gasteiger partial charge in [-0.25, -0.2) is 14.4 Å². The predicted molar refractivity (Wildman–Crippen MR) is 183 cm³/mol. The second-order valence-electron chi connectivity index (χ2n) is 12.5. The van der Waals surface area contributed by atoms with Crippen LogP contribution in [0.4, 0.5) is 9.59 Å². The van der Waals surface area contributed by atoms with Crippen LogP contribution in [0.1, 0.15) is 70.4 Å². The van der Waals surface area contributed by atoms with Gasteiger partial charge in [0.2, 0.25) is 17.6 Å². The molecule has 0 fully saturated rings. The molecule has 0 radical (unpaired) electrons. The van der Waals surface area contributed by atoms with E-state index < -0.39 is 65.8 Å². The van der Waals surface area contributed by atoms with Crippen molar-refractivity contribution in [2.45, 2.75) is 83.5 Å². The van der Waals surface area contributed by atoms with Crippen LogP contribution in [-0.4, -0.2) is 84.1 Å². The number of hydrogen-bond acceptors (Lipinski definition) is 8. The van der Waals surface area contributed by atoms with Gasteiger partial charge in [0.05, 0.1) is 6.10 Å². The molecular formula is C35H45N7O8. The number of alkyl carbamates (subject to hydrolysis) is 1. The first-order valence-electron chi connectivity index (χ1n) is 16.5. The van der Waals surface area contributed by atoms with Crippen molar-refractivity contribution >= 4 is 41.9 Å². The molecule has 3 atom stereocenters. The van der Waals surface area contributed by atoms with Crippen molar-refractivity contribution < 1.29 is 43.0 Å². The summed E-state index contributed by atoms with van der Waals surface area (Å²) in [7, 11) is 0. The normalized spacial score (nSPS) is 13.5. The quantitative estimate of drug-likeness (QED) is 0.0511. The van der Waals surface area contributed by atoms with Gasteiger partial charge in [0, 0.05) is 18.9 Å². The molecule has 0 spiro atoms. The summed E-state index contributed by atoms with van der Waals surface area (Å²) in [6.07, 6.45) is -0.874. The minimum atomic E-state index is -1.27. The molecule has 15 nitrogen and oxygen atoms in total. The number of nitrogens with one attached hydrogen (secondary N) is 4. The number of benzene rings is 2.